The fourth-order valence-corrected chi connectivity index (χ4v) is 9.77. The minimum absolute atomic E-state index is 0.0622. The molecule has 0 spiro atoms. The lowest BCUT2D eigenvalue weighted by Crippen LogP contribution is -2.48. The number of methoxy groups -OCH3 is 1. The number of ether oxygens (including phenoxy) is 3. The van der Waals surface area contributed by atoms with Gasteiger partial charge < -0.3 is 19.1 Å². The van der Waals surface area contributed by atoms with Crippen LogP contribution in [-0.4, -0.2) is 78.5 Å². The van der Waals surface area contributed by atoms with Crippen LogP contribution in [0, 0.1) is 29.1 Å². The number of benzene rings is 1. The molecule has 0 radical (unpaired) electrons. The van der Waals surface area contributed by atoms with Crippen molar-refractivity contribution in [1.29, 1.82) is 0 Å². The summed E-state index contributed by atoms with van der Waals surface area (Å²) in [4.78, 5) is 62.9. The zero-order chi connectivity index (χ0) is 39.0. The monoisotopic (exact) mass is 765 g/mol. The number of allylic oxidation sites excluding steroid dienone is 2. The van der Waals surface area contributed by atoms with Crippen molar-refractivity contribution >= 4 is 44.4 Å². The standard InChI is InChI=1S/C41H55N3O9S/c1-7-26-19-25(2)11-8-9-12-27-22-41(27,39(48)43-54(49,50)29-15-16-29)23-34(45)33-20-28(24-44(33)38(47)32(26)21-36(46)53-40(3,4)5)52-37-31-13-10-14-35(51-6)30(31)17-18-42-37/h9-10,12-14,17-18,25-29,32-33H,7-8,11,15-16,19-24H2,1-6H3,(H,43,48)/b12-9-/t25-,26-,27-,28-,32+,33+,41-/m1/s1. The molecular weight excluding hydrogens is 711 g/mol. The fourth-order valence-electron chi connectivity index (χ4n) is 8.39. The summed E-state index contributed by atoms with van der Waals surface area (Å²) in [6.07, 6.45) is 8.96. The van der Waals surface area contributed by atoms with Gasteiger partial charge in [0.25, 0.3) is 0 Å². The van der Waals surface area contributed by atoms with E-state index in [1.165, 1.54) is 0 Å². The minimum atomic E-state index is -3.85. The number of amides is 2. The number of hydrogen-bond donors (Lipinski definition) is 1. The maximum atomic E-state index is 15.0. The number of ketones is 1. The van der Waals surface area contributed by atoms with E-state index < -0.39 is 56.2 Å². The number of carbonyl (C=O) groups is 4. The van der Waals surface area contributed by atoms with E-state index in [2.05, 4.69) is 16.6 Å². The van der Waals surface area contributed by atoms with Crippen molar-refractivity contribution in [2.24, 2.45) is 29.1 Å². The average Bonchev–Trinajstić information content (AvgIpc) is 4.04. The molecule has 1 N–H and O–H groups in total. The lowest BCUT2D eigenvalue weighted by Gasteiger charge is -2.33. The van der Waals surface area contributed by atoms with Crippen LogP contribution >= 0.6 is 0 Å². The van der Waals surface area contributed by atoms with Gasteiger partial charge >= 0.3 is 5.97 Å². The maximum Gasteiger partial charge on any atom is 0.307 e. The number of pyridine rings is 1. The number of rotatable bonds is 9. The molecule has 3 fully saturated rings. The molecular formula is C41H55N3O9S. The Morgan fingerprint density at radius 1 is 1.07 bits per heavy atom. The van der Waals surface area contributed by atoms with Crippen molar-refractivity contribution in [2.45, 2.75) is 122 Å². The zero-order valence-electron chi connectivity index (χ0n) is 32.3. The molecule has 7 atom stereocenters. The highest BCUT2D eigenvalue weighted by molar-refractivity contribution is 7.90. The number of esters is 1. The lowest BCUT2D eigenvalue weighted by atomic mass is 9.79. The van der Waals surface area contributed by atoms with Gasteiger partial charge in [-0.2, -0.15) is 0 Å². The number of aromatic nitrogens is 1. The first-order chi connectivity index (χ1) is 25.5. The normalized spacial score (nSPS) is 30.0. The van der Waals surface area contributed by atoms with Crippen LogP contribution in [0.3, 0.4) is 0 Å². The molecule has 1 aromatic carbocycles. The lowest BCUT2D eigenvalue weighted by molar-refractivity contribution is -0.160. The molecule has 294 valence electrons. The summed E-state index contributed by atoms with van der Waals surface area (Å²) in [5.74, 6) is -1.84. The summed E-state index contributed by atoms with van der Waals surface area (Å²) in [6.45, 7) is 9.59. The van der Waals surface area contributed by atoms with E-state index in [0.29, 0.717) is 49.1 Å². The van der Waals surface area contributed by atoms with Crippen molar-refractivity contribution in [3.05, 3.63) is 42.6 Å². The molecule has 4 aliphatic rings. The molecule has 0 bridgehead atoms. The second kappa shape index (κ2) is 15.6. The first-order valence-corrected chi connectivity index (χ1v) is 21.0. The van der Waals surface area contributed by atoms with Crippen LogP contribution in [0.1, 0.15) is 98.8 Å². The number of fused-ring (bicyclic) bond motifs is 3. The van der Waals surface area contributed by atoms with E-state index in [0.717, 1.165) is 18.2 Å². The van der Waals surface area contributed by atoms with Crippen LogP contribution in [0.5, 0.6) is 11.6 Å². The summed E-state index contributed by atoms with van der Waals surface area (Å²) in [6, 6.07) is 6.40. The van der Waals surface area contributed by atoms with Gasteiger partial charge in [-0.3, -0.25) is 23.9 Å². The van der Waals surface area contributed by atoms with E-state index in [1.807, 2.05) is 43.3 Å². The van der Waals surface area contributed by atoms with Crippen LogP contribution < -0.4 is 14.2 Å². The van der Waals surface area contributed by atoms with Crippen LogP contribution in [0.4, 0.5) is 0 Å². The third-order valence-electron chi connectivity index (χ3n) is 11.5. The Hall–Kier alpha value is -4.00. The van der Waals surface area contributed by atoms with Crippen LogP contribution in [0.25, 0.3) is 10.8 Å². The molecule has 54 heavy (non-hydrogen) atoms. The van der Waals surface area contributed by atoms with Gasteiger partial charge in [-0.1, -0.05) is 38.5 Å². The van der Waals surface area contributed by atoms with Crippen molar-refractivity contribution in [2.75, 3.05) is 13.7 Å². The maximum absolute atomic E-state index is 15.0. The van der Waals surface area contributed by atoms with E-state index in [1.54, 1.807) is 39.0 Å². The smallest absolute Gasteiger partial charge is 0.307 e. The van der Waals surface area contributed by atoms with Crippen LogP contribution in [-0.2, 0) is 33.9 Å². The first kappa shape index (κ1) is 39.7. The van der Waals surface area contributed by atoms with E-state index in [-0.39, 0.29) is 55.3 Å². The number of hydrogen-bond acceptors (Lipinski definition) is 10. The highest BCUT2D eigenvalue weighted by Crippen LogP contribution is 2.57. The van der Waals surface area contributed by atoms with Crippen LogP contribution in [0.2, 0.25) is 0 Å². The Morgan fingerprint density at radius 2 is 1.83 bits per heavy atom. The third kappa shape index (κ3) is 8.76. The summed E-state index contributed by atoms with van der Waals surface area (Å²) in [5, 5.41) is 0.910. The number of carbonyl (C=O) groups excluding carboxylic acids is 4. The van der Waals surface area contributed by atoms with Crippen molar-refractivity contribution < 1.29 is 41.8 Å². The predicted octanol–water partition coefficient (Wildman–Crippen LogP) is 5.92. The molecule has 13 heteroatoms. The second-order valence-electron chi connectivity index (χ2n) is 16.9. The Balaban J connectivity index is 1.36. The van der Waals surface area contributed by atoms with Gasteiger partial charge in [0.1, 0.15) is 17.5 Å². The Kier molecular flexibility index (Phi) is 11.5. The van der Waals surface area contributed by atoms with Crippen molar-refractivity contribution in [3.8, 4) is 11.6 Å². The fraction of sp³-hybridized carbons (Fsp3) is 0.634. The zero-order valence-corrected chi connectivity index (χ0v) is 33.2. The first-order valence-electron chi connectivity index (χ1n) is 19.4. The van der Waals surface area contributed by atoms with Crippen LogP contribution in [0.15, 0.2) is 42.6 Å². The number of sulfonamides is 1. The second-order valence-corrected chi connectivity index (χ2v) is 18.8. The highest BCUT2D eigenvalue weighted by atomic mass is 32.2. The van der Waals surface area contributed by atoms with Gasteiger partial charge in [-0.25, -0.2) is 13.4 Å². The number of nitrogens with one attached hydrogen (secondary N) is 1. The molecule has 6 rings (SSSR count). The largest absolute Gasteiger partial charge is 0.496 e. The van der Waals surface area contributed by atoms with E-state index in [4.69, 9.17) is 14.2 Å². The molecule has 3 heterocycles. The van der Waals surface area contributed by atoms with Crippen molar-refractivity contribution in [1.82, 2.24) is 14.6 Å². The van der Waals surface area contributed by atoms with E-state index >= 15 is 0 Å². The van der Waals surface area contributed by atoms with Gasteiger partial charge in [-0.05, 0) is 95.2 Å². The predicted molar refractivity (Wildman–Crippen MR) is 203 cm³/mol. The molecule has 12 nitrogen and oxygen atoms in total. The van der Waals surface area contributed by atoms with Gasteiger partial charge in [-0.15, -0.1) is 0 Å². The molecule has 1 aromatic heterocycles. The number of Topliss-reactive ketones (excluding diaryl/α,β-unsaturated/α-hetero) is 1. The molecule has 2 amide bonds. The van der Waals surface area contributed by atoms with Gasteiger partial charge in [0.05, 0.1) is 42.7 Å². The summed E-state index contributed by atoms with van der Waals surface area (Å²) >= 11 is 0. The topological polar surface area (TPSA) is 158 Å². The van der Waals surface area contributed by atoms with Gasteiger partial charge in [0.15, 0.2) is 5.78 Å². The molecule has 0 unspecified atom stereocenters. The molecule has 1 saturated heterocycles. The summed E-state index contributed by atoms with van der Waals surface area (Å²) < 4.78 is 45.9. The highest BCUT2D eigenvalue weighted by Gasteiger charge is 2.61. The molecule has 2 aliphatic carbocycles. The number of nitrogens with zero attached hydrogens (tertiary/aromatic N) is 2. The van der Waals surface area contributed by atoms with Gasteiger partial charge in [0, 0.05) is 29.8 Å². The minimum Gasteiger partial charge on any atom is -0.496 e. The summed E-state index contributed by atoms with van der Waals surface area (Å²) in [5.41, 5.74) is -1.99. The van der Waals surface area contributed by atoms with Gasteiger partial charge in [0.2, 0.25) is 27.7 Å². The Bertz CT molecular complexity index is 1900. The molecule has 2 aliphatic heterocycles. The Morgan fingerprint density at radius 3 is 2.52 bits per heavy atom. The molecule has 2 saturated carbocycles. The Labute approximate surface area is 318 Å². The SMILES string of the molecule is CC[C@@H]1C[C@H](C)CC/C=C\[C@@H]2C[C@@]2(C(=O)NS(=O)(=O)C2CC2)CC(=O)[C@@H]2C[C@@H](Oc3nccc4c(OC)cccc34)CN2C(=O)[C@H]1CC(=O)OC(C)(C)C. The summed E-state index contributed by atoms with van der Waals surface area (Å²) in [7, 11) is -2.27. The van der Waals surface area contributed by atoms with E-state index in [9.17, 15) is 27.6 Å². The van der Waals surface area contributed by atoms with Crippen molar-refractivity contribution in [3.63, 3.8) is 0 Å². The molecule has 2 aromatic rings. The average molecular weight is 766 g/mol. The third-order valence-corrected chi connectivity index (χ3v) is 13.4. The quantitative estimate of drug-likeness (QED) is 0.240.